The smallest absolute Gasteiger partial charge is 0.227 e. The fourth-order valence-electron chi connectivity index (χ4n) is 3.46. The number of hydrogen-bond acceptors (Lipinski definition) is 5. The van der Waals surface area contributed by atoms with E-state index in [4.69, 9.17) is 0 Å². The van der Waals surface area contributed by atoms with E-state index in [0.717, 1.165) is 36.1 Å². The van der Waals surface area contributed by atoms with Gasteiger partial charge in [-0.2, -0.15) is 0 Å². The van der Waals surface area contributed by atoms with Gasteiger partial charge < -0.3 is 5.32 Å². The van der Waals surface area contributed by atoms with E-state index >= 15 is 0 Å². The van der Waals surface area contributed by atoms with Crippen LogP contribution in [0.25, 0.3) is 11.3 Å². The average molecular weight is 427 g/mol. The number of sulfone groups is 1. The third-order valence-corrected chi connectivity index (χ3v) is 7.60. The van der Waals surface area contributed by atoms with E-state index in [1.165, 1.54) is 22.5 Å². The second kappa shape index (κ2) is 8.08. The van der Waals surface area contributed by atoms with Gasteiger partial charge in [0.1, 0.15) is 0 Å². The summed E-state index contributed by atoms with van der Waals surface area (Å²) < 4.78 is 25.2. The molecular weight excluding hydrogens is 404 g/mol. The van der Waals surface area contributed by atoms with Crippen LogP contribution in [0.1, 0.15) is 29.5 Å². The molecule has 4 rings (SSSR count). The molecule has 1 heterocycles. The highest BCUT2D eigenvalue weighted by atomic mass is 32.2. The normalized spacial score (nSPS) is 13.3. The average Bonchev–Trinajstić information content (AvgIpc) is 3.36. The van der Waals surface area contributed by atoms with Gasteiger partial charge in [0.25, 0.3) is 0 Å². The monoisotopic (exact) mass is 426 g/mol. The maximum absolute atomic E-state index is 12.6. The lowest BCUT2D eigenvalue weighted by atomic mass is 10.1. The lowest BCUT2D eigenvalue weighted by Crippen LogP contribution is -2.17. The summed E-state index contributed by atoms with van der Waals surface area (Å²) in [7, 11) is -3.49. The first-order valence-electron chi connectivity index (χ1n) is 9.58. The Bertz CT molecular complexity index is 1150. The summed E-state index contributed by atoms with van der Waals surface area (Å²) >= 11 is 1.33. The van der Waals surface area contributed by atoms with Crippen LogP contribution in [-0.2, 0) is 27.5 Å². The van der Waals surface area contributed by atoms with Crippen LogP contribution in [0.5, 0.6) is 0 Å². The Morgan fingerprint density at radius 1 is 1.10 bits per heavy atom. The molecule has 29 heavy (non-hydrogen) atoms. The molecule has 1 N–H and O–H groups in total. The number of nitrogens with zero attached hydrogens (tertiary/aromatic N) is 1. The zero-order valence-corrected chi connectivity index (χ0v) is 17.8. The lowest BCUT2D eigenvalue weighted by molar-refractivity contribution is -0.115. The van der Waals surface area contributed by atoms with Gasteiger partial charge in [0, 0.05) is 17.4 Å². The van der Waals surface area contributed by atoms with Gasteiger partial charge in [0.2, 0.25) is 5.91 Å². The number of nitrogens with one attached hydrogen (secondary N) is 1. The van der Waals surface area contributed by atoms with Crippen molar-refractivity contribution < 1.29 is 13.2 Å². The lowest BCUT2D eigenvalue weighted by Gasteiger charge is -2.07. The fraction of sp³-hybridized carbons (Fsp3) is 0.273. The number of thiazole rings is 1. The number of anilines is 1. The van der Waals surface area contributed by atoms with Crippen LogP contribution in [0.4, 0.5) is 5.13 Å². The van der Waals surface area contributed by atoms with Crippen LogP contribution in [0.2, 0.25) is 0 Å². The van der Waals surface area contributed by atoms with Crippen LogP contribution in [-0.4, -0.2) is 25.1 Å². The van der Waals surface area contributed by atoms with E-state index in [2.05, 4.69) is 10.3 Å². The molecule has 3 aromatic rings. The molecule has 0 radical (unpaired) electrons. The number of carbonyl (C=O) groups excluding carboxylic acids is 1. The van der Waals surface area contributed by atoms with Crippen molar-refractivity contribution >= 4 is 32.2 Å². The molecule has 1 aromatic heterocycles. The summed E-state index contributed by atoms with van der Waals surface area (Å²) in [5, 5.41) is 5.06. The highest BCUT2D eigenvalue weighted by Gasteiger charge is 2.20. The summed E-state index contributed by atoms with van der Waals surface area (Å²) in [5.74, 6) is -0.562. The molecule has 7 heteroatoms. The van der Waals surface area contributed by atoms with Crippen LogP contribution in [0, 0.1) is 6.92 Å². The van der Waals surface area contributed by atoms with E-state index in [-0.39, 0.29) is 18.1 Å². The molecule has 1 amide bonds. The molecule has 5 nitrogen and oxygen atoms in total. The quantitative estimate of drug-likeness (QED) is 0.633. The summed E-state index contributed by atoms with van der Waals surface area (Å²) in [6, 6.07) is 13.3. The molecule has 0 bridgehead atoms. The van der Waals surface area contributed by atoms with Gasteiger partial charge >= 0.3 is 0 Å². The van der Waals surface area contributed by atoms with E-state index in [1.807, 2.05) is 42.6 Å². The van der Waals surface area contributed by atoms with Crippen LogP contribution in [0.3, 0.4) is 0 Å². The highest BCUT2D eigenvalue weighted by Crippen LogP contribution is 2.27. The molecule has 0 fully saturated rings. The molecule has 0 atom stereocenters. The molecule has 0 aliphatic heterocycles. The number of fused-ring (bicyclic) bond motifs is 1. The van der Waals surface area contributed by atoms with Gasteiger partial charge in [0.05, 0.1) is 16.3 Å². The fourth-order valence-corrected chi connectivity index (χ4v) is 5.48. The van der Waals surface area contributed by atoms with E-state index in [0.29, 0.717) is 10.0 Å². The number of carbonyl (C=O) groups is 1. The van der Waals surface area contributed by atoms with E-state index in [9.17, 15) is 13.2 Å². The standard InChI is InChI=1S/C22H22N2O3S2/c1-15-5-7-17(8-6-15)20-14-28-22(23-20)24-21(25)11-12-29(26,27)19-10-9-16-3-2-4-18(16)13-19/h5-10,13-14H,2-4,11-12H2,1H3,(H,23,24,25). The van der Waals surface area contributed by atoms with Crippen molar-refractivity contribution in [1.82, 2.24) is 4.98 Å². The zero-order chi connectivity index (χ0) is 20.4. The van der Waals surface area contributed by atoms with Crippen molar-refractivity contribution in [1.29, 1.82) is 0 Å². The third-order valence-electron chi connectivity index (χ3n) is 5.12. The van der Waals surface area contributed by atoms with E-state index < -0.39 is 9.84 Å². The minimum absolute atomic E-state index is 0.0984. The van der Waals surface area contributed by atoms with Crippen molar-refractivity contribution in [3.05, 3.63) is 64.5 Å². The van der Waals surface area contributed by atoms with Gasteiger partial charge in [-0.25, -0.2) is 13.4 Å². The number of amides is 1. The summed E-state index contributed by atoms with van der Waals surface area (Å²) in [5.41, 5.74) is 5.28. The van der Waals surface area contributed by atoms with Crippen molar-refractivity contribution in [2.45, 2.75) is 37.5 Å². The third kappa shape index (κ3) is 4.57. The Morgan fingerprint density at radius 2 is 1.86 bits per heavy atom. The van der Waals surface area contributed by atoms with Gasteiger partial charge in [-0.1, -0.05) is 35.9 Å². The molecule has 0 saturated heterocycles. The highest BCUT2D eigenvalue weighted by molar-refractivity contribution is 7.91. The van der Waals surface area contributed by atoms with Crippen molar-refractivity contribution in [2.24, 2.45) is 0 Å². The summed E-state index contributed by atoms with van der Waals surface area (Å²) in [6.07, 6.45) is 2.90. The Labute approximate surface area is 174 Å². The molecule has 0 spiro atoms. The number of rotatable bonds is 6. The first-order chi connectivity index (χ1) is 13.9. The number of benzene rings is 2. The van der Waals surface area contributed by atoms with Crippen LogP contribution in [0.15, 0.2) is 52.7 Å². The summed E-state index contributed by atoms with van der Waals surface area (Å²) in [6.45, 7) is 2.02. The summed E-state index contributed by atoms with van der Waals surface area (Å²) in [4.78, 5) is 17.0. The molecule has 0 unspecified atom stereocenters. The topological polar surface area (TPSA) is 76.1 Å². The number of hydrogen-bond donors (Lipinski definition) is 1. The van der Waals surface area contributed by atoms with Gasteiger partial charge in [-0.3, -0.25) is 4.79 Å². The molecule has 0 saturated carbocycles. The predicted molar refractivity (Wildman–Crippen MR) is 116 cm³/mol. The number of aromatic nitrogens is 1. The zero-order valence-electron chi connectivity index (χ0n) is 16.1. The first kappa shape index (κ1) is 19.8. The van der Waals surface area contributed by atoms with Gasteiger partial charge in [-0.05, 0) is 49.4 Å². The van der Waals surface area contributed by atoms with Crippen molar-refractivity contribution in [3.8, 4) is 11.3 Å². The molecule has 1 aliphatic carbocycles. The first-order valence-corrected chi connectivity index (χ1v) is 12.1. The van der Waals surface area contributed by atoms with Gasteiger partial charge in [-0.15, -0.1) is 11.3 Å². The molecule has 2 aromatic carbocycles. The Kier molecular flexibility index (Phi) is 5.52. The predicted octanol–water partition coefficient (Wildman–Crippen LogP) is 4.41. The van der Waals surface area contributed by atoms with Gasteiger partial charge in [0.15, 0.2) is 15.0 Å². The van der Waals surface area contributed by atoms with Crippen molar-refractivity contribution in [3.63, 3.8) is 0 Å². The van der Waals surface area contributed by atoms with Crippen LogP contribution < -0.4 is 5.32 Å². The number of aryl methyl sites for hydroxylation is 3. The maximum Gasteiger partial charge on any atom is 0.227 e. The molecular formula is C22H22N2O3S2. The minimum atomic E-state index is -3.49. The second-order valence-electron chi connectivity index (χ2n) is 7.31. The van der Waals surface area contributed by atoms with Crippen LogP contribution >= 0.6 is 11.3 Å². The van der Waals surface area contributed by atoms with Crippen molar-refractivity contribution in [2.75, 3.05) is 11.1 Å². The largest absolute Gasteiger partial charge is 0.302 e. The van der Waals surface area contributed by atoms with E-state index in [1.54, 1.807) is 12.1 Å². The Morgan fingerprint density at radius 3 is 2.66 bits per heavy atom. The Balaban J connectivity index is 1.37. The molecule has 150 valence electrons. The molecule has 1 aliphatic rings. The minimum Gasteiger partial charge on any atom is -0.302 e. The SMILES string of the molecule is Cc1ccc(-c2csc(NC(=O)CCS(=O)(=O)c3ccc4c(c3)CCC4)n2)cc1. The second-order valence-corrected chi connectivity index (χ2v) is 10.3. The Hall–Kier alpha value is -2.51. The maximum atomic E-state index is 12.6.